The number of hydrogen-bond acceptors (Lipinski definition) is 5. The van der Waals surface area contributed by atoms with Crippen LogP contribution in [-0.4, -0.2) is 41.1 Å². The second kappa shape index (κ2) is 7.09. The number of aromatic amines is 1. The number of pyridine rings is 1. The third-order valence-electron chi connectivity index (χ3n) is 4.93. The molecule has 0 unspecified atom stereocenters. The van der Waals surface area contributed by atoms with Crippen LogP contribution in [0.3, 0.4) is 0 Å². The van der Waals surface area contributed by atoms with Gasteiger partial charge in [-0.15, -0.1) is 11.3 Å². The van der Waals surface area contributed by atoms with Crippen molar-refractivity contribution in [1.29, 1.82) is 0 Å². The van der Waals surface area contributed by atoms with Gasteiger partial charge < -0.3 is 14.6 Å². The Morgan fingerprint density at radius 3 is 2.66 bits per heavy atom. The molecule has 29 heavy (non-hydrogen) atoms. The standard InChI is InChI=1S/C20H16F2N4O2S/c21-13-2-1-3-14(22)19(13)26-15-4-5-23-20(27)17(15)18(24-26)12-10-16(29-11-12)25-6-8-28-9-7-25/h1-5,10-11H,6-9H2,(H,23,27). The first-order chi connectivity index (χ1) is 14.1. The molecular formula is C20H16F2N4O2S. The number of H-pyrrole nitrogens is 1. The van der Waals surface area contributed by atoms with Gasteiger partial charge in [0, 0.05) is 30.2 Å². The number of hydrogen-bond donors (Lipinski definition) is 1. The van der Waals surface area contributed by atoms with Crippen molar-refractivity contribution in [2.24, 2.45) is 0 Å². The van der Waals surface area contributed by atoms with Crippen LogP contribution in [-0.2, 0) is 4.74 Å². The number of para-hydroxylation sites is 1. The average Bonchev–Trinajstić information content (AvgIpc) is 3.35. The zero-order chi connectivity index (χ0) is 20.0. The topological polar surface area (TPSA) is 63.1 Å². The fourth-order valence-corrected chi connectivity index (χ4v) is 4.49. The molecule has 3 aromatic heterocycles. The minimum Gasteiger partial charge on any atom is -0.378 e. The van der Waals surface area contributed by atoms with Crippen LogP contribution in [0.2, 0.25) is 0 Å². The lowest BCUT2D eigenvalue weighted by Crippen LogP contribution is -2.35. The van der Waals surface area contributed by atoms with Gasteiger partial charge in [0.15, 0.2) is 11.6 Å². The summed E-state index contributed by atoms with van der Waals surface area (Å²) in [5.74, 6) is -1.50. The zero-order valence-corrected chi connectivity index (χ0v) is 16.0. The second-order valence-electron chi connectivity index (χ2n) is 6.67. The van der Waals surface area contributed by atoms with Gasteiger partial charge in [0.05, 0.1) is 29.1 Å². The molecule has 1 aliphatic rings. The molecule has 5 rings (SSSR count). The van der Waals surface area contributed by atoms with Crippen molar-refractivity contribution in [2.45, 2.75) is 0 Å². The molecule has 1 aromatic carbocycles. The van der Waals surface area contributed by atoms with Crippen LogP contribution in [0.4, 0.5) is 13.8 Å². The SMILES string of the molecule is O=c1[nH]ccc2c1c(-c1csc(N3CCOCC3)c1)nn2-c1c(F)cccc1F. The van der Waals surface area contributed by atoms with Crippen LogP contribution in [0, 0.1) is 11.6 Å². The zero-order valence-electron chi connectivity index (χ0n) is 15.2. The summed E-state index contributed by atoms with van der Waals surface area (Å²) in [6, 6.07) is 7.17. The monoisotopic (exact) mass is 414 g/mol. The molecule has 0 atom stereocenters. The molecule has 9 heteroatoms. The maximum Gasteiger partial charge on any atom is 0.259 e. The fraction of sp³-hybridized carbons (Fsp3) is 0.200. The molecule has 148 valence electrons. The van der Waals surface area contributed by atoms with E-state index < -0.39 is 11.6 Å². The lowest BCUT2D eigenvalue weighted by atomic mass is 10.1. The Labute approximate surface area is 168 Å². The highest BCUT2D eigenvalue weighted by Gasteiger charge is 2.22. The molecule has 6 nitrogen and oxygen atoms in total. The van der Waals surface area contributed by atoms with Crippen LogP contribution in [0.15, 0.2) is 46.7 Å². The third kappa shape index (κ3) is 3.02. The maximum atomic E-state index is 14.4. The molecule has 0 aliphatic carbocycles. The minimum atomic E-state index is -0.749. The molecule has 1 N–H and O–H groups in total. The second-order valence-corrected chi connectivity index (χ2v) is 7.56. The number of morpholine rings is 1. The van der Waals surface area contributed by atoms with Gasteiger partial charge in [-0.05, 0) is 24.3 Å². The molecule has 1 saturated heterocycles. The van der Waals surface area contributed by atoms with Gasteiger partial charge in [-0.1, -0.05) is 6.07 Å². The summed E-state index contributed by atoms with van der Waals surface area (Å²) >= 11 is 1.54. The number of benzene rings is 1. The Hall–Kier alpha value is -3.04. The number of ether oxygens (including phenoxy) is 1. The van der Waals surface area contributed by atoms with E-state index in [2.05, 4.69) is 15.0 Å². The van der Waals surface area contributed by atoms with E-state index in [1.807, 2.05) is 11.4 Å². The van der Waals surface area contributed by atoms with E-state index >= 15 is 0 Å². The number of fused-ring (bicyclic) bond motifs is 1. The molecule has 0 saturated carbocycles. The summed E-state index contributed by atoms with van der Waals surface area (Å²) in [6.45, 7) is 2.90. The van der Waals surface area contributed by atoms with Gasteiger partial charge in [-0.25, -0.2) is 13.5 Å². The molecule has 4 aromatic rings. The molecule has 0 radical (unpaired) electrons. The molecule has 0 bridgehead atoms. The maximum absolute atomic E-state index is 14.4. The van der Waals surface area contributed by atoms with Crippen LogP contribution >= 0.6 is 11.3 Å². The number of rotatable bonds is 3. The van der Waals surface area contributed by atoms with E-state index in [1.54, 1.807) is 6.07 Å². The average molecular weight is 414 g/mol. The van der Waals surface area contributed by atoms with Crippen molar-refractivity contribution in [3.8, 4) is 16.9 Å². The first-order valence-corrected chi connectivity index (χ1v) is 9.98. The highest BCUT2D eigenvalue weighted by molar-refractivity contribution is 7.14. The predicted octanol–water partition coefficient (Wildman–Crippen LogP) is 3.56. The third-order valence-corrected chi connectivity index (χ3v) is 5.92. The van der Waals surface area contributed by atoms with Gasteiger partial charge in [0.25, 0.3) is 5.56 Å². The minimum absolute atomic E-state index is 0.293. The van der Waals surface area contributed by atoms with Crippen LogP contribution in [0.25, 0.3) is 27.8 Å². The number of thiophene rings is 1. The van der Waals surface area contributed by atoms with Crippen molar-refractivity contribution >= 4 is 27.2 Å². The highest BCUT2D eigenvalue weighted by atomic mass is 32.1. The number of nitrogens with zero attached hydrogens (tertiary/aromatic N) is 3. The van der Waals surface area contributed by atoms with E-state index in [-0.39, 0.29) is 11.2 Å². The van der Waals surface area contributed by atoms with Crippen LogP contribution in [0.5, 0.6) is 0 Å². The molecule has 1 fully saturated rings. The number of anilines is 1. The summed E-state index contributed by atoms with van der Waals surface area (Å²) in [5, 5.41) is 7.69. The first-order valence-electron chi connectivity index (χ1n) is 9.10. The van der Waals surface area contributed by atoms with Gasteiger partial charge in [-0.2, -0.15) is 5.10 Å². The summed E-state index contributed by atoms with van der Waals surface area (Å²) in [4.78, 5) is 17.4. The van der Waals surface area contributed by atoms with Gasteiger partial charge in [-0.3, -0.25) is 4.79 Å². The Morgan fingerprint density at radius 2 is 1.90 bits per heavy atom. The van der Waals surface area contributed by atoms with E-state index in [4.69, 9.17) is 4.74 Å². The van der Waals surface area contributed by atoms with Gasteiger partial charge in [0.2, 0.25) is 0 Å². The van der Waals surface area contributed by atoms with Crippen molar-refractivity contribution < 1.29 is 13.5 Å². The van der Waals surface area contributed by atoms with Crippen molar-refractivity contribution in [1.82, 2.24) is 14.8 Å². The van der Waals surface area contributed by atoms with Crippen molar-refractivity contribution in [3.05, 3.63) is 63.9 Å². The molecular weight excluding hydrogens is 398 g/mol. The van der Waals surface area contributed by atoms with Crippen LogP contribution in [0.1, 0.15) is 0 Å². The quantitative estimate of drug-likeness (QED) is 0.557. The molecule has 0 spiro atoms. The Kier molecular flexibility index (Phi) is 4.40. The summed E-state index contributed by atoms with van der Waals surface area (Å²) in [6.07, 6.45) is 1.44. The van der Waals surface area contributed by atoms with Gasteiger partial charge in [0.1, 0.15) is 11.4 Å². The van der Waals surface area contributed by atoms with Gasteiger partial charge >= 0.3 is 0 Å². The normalized spacial score (nSPS) is 14.6. The Bertz CT molecular complexity index is 1240. The molecule has 1 aliphatic heterocycles. The summed E-state index contributed by atoms with van der Waals surface area (Å²) in [5.41, 5.74) is 0.790. The Morgan fingerprint density at radius 1 is 1.14 bits per heavy atom. The largest absolute Gasteiger partial charge is 0.378 e. The fourth-order valence-electron chi connectivity index (χ4n) is 3.54. The van der Waals surface area contributed by atoms with E-state index in [0.717, 1.165) is 28.3 Å². The highest BCUT2D eigenvalue weighted by Crippen LogP contribution is 2.35. The lowest BCUT2D eigenvalue weighted by Gasteiger charge is -2.27. The first kappa shape index (κ1) is 18.0. The predicted molar refractivity (Wildman–Crippen MR) is 108 cm³/mol. The lowest BCUT2D eigenvalue weighted by molar-refractivity contribution is 0.123. The van der Waals surface area contributed by atoms with Crippen molar-refractivity contribution in [2.75, 3.05) is 31.2 Å². The van der Waals surface area contributed by atoms with Crippen LogP contribution < -0.4 is 10.5 Å². The molecule has 4 heterocycles. The number of nitrogens with one attached hydrogen (secondary N) is 1. The van der Waals surface area contributed by atoms with E-state index in [0.29, 0.717) is 29.8 Å². The smallest absolute Gasteiger partial charge is 0.259 e. The van der Waals surface area contributed by atoms with E-state index in [9.17, 15) is 13.6 Å². The number of aromatic nitrogens is 3. The number of halogens is 2. The molecule has 0 amide bonds. The summed E-state index contributed by atoms with van der Waals surface area (Å²) in [7, 11) is 0. The Balaban J connectivity index is 1.70. The van der Waals surface area contributed by atoms with Crippen molar-refractivity contribution in [3.63, 3.8) is 0 Å². The van der Waals surface area contributed by atoms with E-state index in [1.165, 1.54) is 35.7 Å². The summed E-state index contributed by atoms with van der Waals surface area (Å²) < 4.78 is 35.4.